The van der Waals surface area contributed by atoms with Crippen molar-refractivity contribution in [2.75, 3.05) is 41.5 Å². The molecule has 12 nitrogen and oxygen atoms in total. The SMILES string of the molecule is CCCCCCCCCCCCC(C#N)(CCCN(C)CCc1ccccc1OC(C)(O[N+](=O)[O-])C(C)NC(C)=O)c1cc(OC)c(OC)c(OC)c1. The maximum absolute atomic E-state index is 11.7. The third-order valence-corrected chi connectivity index (χ3v) is 10.0. The zero-order valence-electron chi connectivity index (χ0n) is 33.5. The van der Waals surface area contributed by atoms with Gasteiger partial charge in [-0.1, -0.05) is 89.3 Å². The Morgan fingerprint density at radius 2 is 1.47 bits per heavy atom. The minimum Gasteiger partial charge on any atom is -0.493 e. The first-order valence-corrected chi connectivity index (χ1v) is 19.2. The van der Waals surface area contributed by atoms with Crippen LogP contribution in [0.2, 0.25) is 0 Å². The number of benzene rings is 2. The van der Waals surface area contributed by atoms with Gasteiger partial charge < -0.3 is 29.2 Å². The van der Waals surface area contributed by atoms with Crippen LogP contribution >= 0.6 is 0 Å². The van der Waals surface area contributed by atoms with Gasteiger partial charge in [0.15, 0.2) is 11.5 Å². The number of rotatable bonds is 28. The van der Waals surface area contributed by atoms with E-state index in [4.69, 9.17) is 23.8 Å². The van der Waals surface area contributed by atoms with Crippen molar-refractivity contribution < 1.29 is 33.7 Å². The maximum Gasteiger partial charge on any atom is 0.298 e. The van der Waals surface area contributed by atoms with Gasteiger partial charge in [0.25, 0.3) is 10.9 Å². The average molecular weight is 741 g/mol. The van der Waals surface area contributed by atoms with Gasteiger partial charge in [-0.05, 0) is 75.5 Å². The highest BCUT2D eigenvalue weighted by Gasteiger charge is 2.39. The van der Waals surface area contributed by atoms with Crippen LogP contribution < -0.4 is 24.3 Å². The lowest BCUT2D eigenvalue weighted by molar-refractivity contribution is -0.793. The summed E-state index contributed by atoms with van der Waals surface area (Å²) in [5.41, 5.74) is 0.977. The van der Waals surface area contributed by atoms with Crippen LogP contribution in [0.15, 0.2) is 36.4 Å². The summed E-state index contributed by atoms with van der Waals surface area (Å²) >= 11 is 0. The number of hydrogen-bond donors (Lipinski definition) is 1. The minimum absolute atomic E-state index is 0.358. The van der Waals surface area contributed by atoms with E-state index in [2.05, 4.69) is 23.2 Å². The fourth-order valence-electron chi connectivity index (χ4n) is 6.73. The lowest BCUT2D eigenvalue weighted by Crippen LogP contribution is -2.55. The molecule has 3 atom stereocenters. The third kappa shape index (κ3) is 14.6. The first kappa shape index (κ1) is 44.9. The lowest BCUT2D eigenvalue weighted by Gasteiger charge is -2.34. The molecular weight excluding hydrogens is 676 g/mol. The normalized spacial score (nSPS) is 14.0. The third-order valence-electron chi connectivity index (χ3n) is 10.0. The molecule has 2 aromatic rings. The van der Waals surface area contributed by atoms with E-state index in [1.807, 2.05) is 31.3 Å². The van der Waals surface area contributed by atoms with Crippen molar-refractivity contribution in [1.82, 2.24) is 10.2 Å². The highest BCUT2D eigenvalue weighted by atomic mass is 17.0. The molecule has 3 unspecified atom stereocenters. The van der Waals surface area contributed by atoms with Crippen molar-refractivity contribution in [3.63, 3.8) is 0 Å². The van der Waals surface area contributed by atoms with Gasteiger partial charge in [0.2, 0.25) is 11.7 Å². The molecule has 0 saturated heterocycles. The molecule has 0 bridgehead atoms. The zero-order chi connectivity index (χ0) is 39.3. The van der Waals surface area contributed by atoms with Gasteiger partial charge in [-0.2, -0.15) is 5.26 Å². The lowest BCUT2D eigenvalue weighted by atomic mass is 9.73. The van der Waals surface area contributed by atoms with Crippen LogP contribution in [0.1, 0.15) is 122 Å². The highest BCUT2D eigenvalue weighted by Crippen LogP contribution is 2.44. The van der Waals surface area contributed by atoms with Crippen LogP contribution in [0, 0.1) is 21.4 Å². The quantitative estimate of drug-likeness (QED) is 0.0390. The summed E-state index contributed by atoms with van der Waals surface area (Å²) in [5.74, 6) is -0.0993. The van der Waals surface area contributed by atoms with Crippen LogP contribution in [-0.2, 0) is 21.5 Å². The number of unbranched alkanes of at least 4 members (excludes halogenated alkanes) is 9. The van der Waals surface area contributed by atoms with E-state index in [0.29, 0.717) is 42.4 Å². The fourth-order valence-corrected chi connectivity index (χ4v) is 6.73. The molecule has 0 heterocycles. The number of nitrogens with one attached hydrogen (secondary N) is 1. The van der Waals surface area contributed by atoms with E-state index in [1.165, 1.54) is 65.2 Å². The average Bonchev–Trinajstić information content (AvgIpc) is 3.13. The van der Waals surface area contributed by atoms with Crippen molar-refractivity contribution in [2.24, 2.45) is 0 Å². The smallest absolute Gasteiger partial charge is 0.298 e. The number of amides is 1. The van der Waals surface area contributed by atoms with Crippen molar-refractivity contribution in [2.45, 2.75) is 135 Å². The first-order valence-electron chi connectivity index (χ1n) is 19.2. The number of methoxy groups -OCH3 is 3. The van der Waals surface area contributed by atoms with Crippen LogP contribution in [0.5, 0.6) is 23.0 Å². The van der Waals surface area contributed by atoms with E-state index in [9.17, 15) is 20.2 Å². The first-order chi connectivity index (χ1) is 25.4. The molecule has 0 spiro atoms. The summed E-state index contributed by atoms with van der Waals surface area (Å²) < 4.78 is 23.0. The molecule has 0 fully saturated rings. The molecule has 0 aromatic heterocycles. The summed E-state index contributed by atoms with van der Waals surface area (Å²) in [5, 5.41) is 23.9. The van der Waals surface area contributed by atoms with Gasteiger partial charge in [0.1, 0.15) is 5.75 Å². The van der Waals surface area contributed by atoms with Crippen LogP contribution in [0.25, 0.3) is 0 Å². The standard InChI is InChI=1S/C41H64N4O8/c1-9-10-11-12-13-14-15-16-17-20-25-41(31-42,35-29-37(49-6)39(51-8)38(30-35)50-7)26-21-27-44(5)28-24-34-22-18-19-23-36(34)52-40(4,53-45(47)48)32(2)43-33(3)46/h18-19,22-23,29-30,32H,9-17,20-21,24-28H2,1-8H3,(H,43,46). The summed E-state index contributed by atoms with van der Waals surface area (Å²) in [7, 11) is 6.80. The van der Waals surface area contributed by atoms with Gasteiger partial charge in [0, 0.05) is 20.4 Å². The number of likely N-dealkylation sites (N-methyl/N-ethyl adjacent to an activating group) is 1. The summed E-state index contributed by atoms with van der Waals surface area (Å²) in [4.78, 5) is 30.2. The number of ether oxygens (including phenoxy) is 4. The van der Waals surface area contributed by atoms with Crippen LogP contribution in [-0.4, -0.2) is 69.2 Å². The Balaban J connectivity index is 2.15. The molecule has 0 aliphatic carbocycles. The summed E-state index contributed by atoms with van der Waals surface area (Å²) in [6, 6.07) is 13.1. The molecule has 0 aliphatic rings. The van der Waals surface area contributed by atoms with Gasteiger partial charge in [-0.15, -0.1) is 10.1 Å². The Labute approximate surface area is 317 Å². The molecule has 1 amide bonds. The number of carbonyl (C=O) groups excluding carboxylic acids is 1. The Morgan fingerprint density at radius 3 is 2.00 bits per heavy atom. The second-order valence-electron chi connectivity index (χ2n) is 14.2. The van der Waals surface area contributed by atoms with Crippen molar-refractivity contribution in [1.29, 1.82) is 5.26 Å². The van der Waals surface area contributed by atoms with Crippen molar-refractivity contribution >= 4 is 5.91 Å². The molecule has 53 heavy (non-hydrogen) atoms. The van der Waals surface area contributed by atoms with Gasteiger partial charge in [-0.3, -0.25) is 9.63 Å². The monoisotopic (exact) mass is 740 g/mol. The fraction of sp³-hybridized carbons (Fsp3) is 0.659. The minimum atomic E-state index is -1.75. The molecule has 296 valence electrons. The molecule has 2 rings (SSSR count). The number of carbonyl (C=O) groups is 1. The summed E-state index contributed by atoms with van der Waals surface area (Å²) in [6.45, 7) is 8.03. The van der Waals surface area contributed by atoms with Gasteiger partial charge in [0.05, 0.1) is 38.9 Å². The van der Waals surface area contributed by atoms with Crippen LogP contribution in [0.3, 0.4) is 0 Å². The Morgan fingerprint density at radius 1 is 0.906 bits per heavy atom. The Hall–Kier alpha value is -4.24. The number of hydrogen-bond acceptors (Lipinski definition) is 10. The molecule has 12 heteroatoms. The van der Waals surface area contributed by atoms with E-state index < -0.39 is 22.3 Å². The maximum atomic E-state index is 11.7. The molecule has 0 saturated carbocycles. The van der Waals surface area contributed by atoms with E-state index in [-0.39, 0.29) is 5.91 Å². The van der Waals surface area contributed by atoms with E-state index in [1.54, 1.807) is 40.4 Å². The predicted molar refractivity (Wildman–Crippen MR) is 207 cm³/mol. The topological polar surface area (TPSA) is 145 Å². The highest BCUT2D eigenvalue weighted by molar-refractivity contribution is 5.73. The number of para-hydroxylation sites is 1. The van der Waals surface area contributed by atoms with Crippen molar-refractivity contribution in [3.8, 4) is 29.1 Å². The molecule has 0 aliphatic heterocycles. The molecule has 0 radical (unpaired) electrons. The largest absolute Gasteiger partial charge is 0.493 e. The zero-order valence-corrected chi connectivity index (χ0v) is 33.5. The van der Waals surface area contributed by atoms with Crippen molar-refractivity contribution in [3.05, 3.63) is 57.6 Å². The Kier molecular flexibility index (Phi) is 19.9. The van der Waals surface area contributed by atoms with Crippen LogP contribution in [0.4, 0.5) is 0 Å². The number of nitriles is 1. The molecular formula is C41H64N4O8. The predicted octanol–water partition coefficient (Wildman–Crippen LogP) is 8.57. The Bertz CT molecular complexity index is 1420. The van der Waals surface area contributed by atoms with E-state index in [0.717, 1.165) is 43.4 Å². The van der Waals surface area contributed by atoms with E-state index >= 15 is 0 Å². The summed E-state index contributed by atoms with van der Waals surface area (Å²) in [6.07, 6.45) is 15.0. The molecule has 2 aromatic carbocycles. The second kappa shape index (κ2) is 23.4. The van der Waals surface area contributed by atoms with Gasteiger partial charge in [-0.25, -0.2) is 0 Å². The second-order valence-corrected chi connectivity index (χ2v) is 14.2. The number of nitrogens with zero attached hydrogens (tertiary/aromatic N) is 3. The molecule has 1 N–H and O–H groups in total. The van der Waals surface area contributed by atoms with Gasteiger partial charge >= 0.3 is 0 Å².